The van der Waals surface area contributed by atoms with Crippen LogP contribution in [0, 0.1) is 23.2 Å². The monoisotopic (exact) mass is 285 g/mol. The quantitative estimate of drug-likeness (QED) is 0.846. The summed E-state index contributed by atoms with van der Waals surface area (Å²) in [7, 11) is 0. The Labute approximate surface area is 123 Å². The van der Waals surface area contributed by atoms with Crippen molar-refractivity contribution >= 4 is 11.7 Å². The minimum Gasteiger partial charge on any atom is -0.394 e. The summed E-state index contributed by atoms with van der Waals surface area (Å²) >= 11 is 0. The van der Waals surface area contributed by atoms with Gasteiger partial charge in [0.1, 0.15) is 5.78 Å². The van der Waals surface area contributed by atoms with Crippen molar-refractivity contribution in [3.05, 3.63) is 35.9 Å². The van der Waals surface area contributed by atoms with Crippen LogP contribution >= 0.6 is 0 Å². The second kappa shape index (κ2) is 4.41. The minimum atomic E-state index is -0.411. The number of benzene rings is 1. The van der Waals surface area contributed by atoms with Gasteiger partial charge in [0, 0.05) is 11.8 Å². The highest BCUT2D eigenvalue weighted by Gasteiger charge is 2.82. The van der Waals surface area contributed by atoms with E-state index in [0.717, 1.165) is 18.4 Å². The van der Waals surface area contributed by atoms with Gasteiger partial charge in [-0.05, 0) is 30.7 Å². The van der Waals surface area contributed by atoms with Gasteiger partial charge in [-0.25, -0.2) is 0 Å². The summed E-state index contributed by atoms with van der Waals surface area (Å²) in [4.78, 5) is 24.5. The van der Waals surface area contributed by atoms with Crippen molar-refractivity contribution in [3.63, 3.8) is 0 Å². The lowest BCUT2D eigenvalue weighted by Crippen LogP contribution is -2.43. The van der Waals surface area contributed by atoms with Crippen molar-refractivity contribution in [2.24, 2.45) is 23.2 Å². The largest absolute Gasteiger partial charge is 0.394 e. The first kappa shape index (κ1) is 13.0. The van der Waals surface area contributed by atoms with E-state index in [-0.39, 0.29) is 36.3 Å². The van der Waals surface area contributed by atoms with E-state index >= 15 is 0 Å². The summed E-state index contributed by atoms with van der Waals surface area (Å²) in [6.07, 6.45) is 2.25. The lowest BCUT2D eigenvalue weighted by Gasteiger charge is -2.20. The Bertz CT molecular complexity index is 599. The normalized spacial score (nSPS) is 36.6. The Morgan fingerprint density at radius 1 is 1.38 bits per heavy atom. The van der Waals surface area contributed by atoms with Crippen LogP contribution in [-0.4, -0.2) is 29.4 Å². The number of carbonyl (C=O) groups excluding carboxylic acids is 2. The smallest absolute Gasteiger partial charge is 0.227 e. The third-order valence-electron chi connectivity index (χ3n) is 5.64. The van der Waals surface area contributed by atoms with Crippen LogP contribution in [0.4, 0.5) is 0 Å². The molecule has 110 valence electrons. The molecule has 0 spiro atoms. The summed E-state index contributed by atoms with van der Waals surface area (Å²) in [6, 6.07) is 9.55. The third kappa shape index (κ3) is 1.72. The number of aliphatic hydroxyl groups is 1. The Morgan fingerprint density at radius 3 is 2.67 bits per heavy atom. The van der Waals surface area contributed by atoms with Crippen molar-refractivity contribution in [1.29, 1.82) is 0 Å². The zero-order valence-electron chi connectivity index (χ0n) is 11.8. The molecule has 4 aliphatic rings. The first-order valence-electron chi connectivity index (χ1n) is 7.66. The van der Waals surface area contributed by atoms with Crippen LogP contribution in [0.15, 0.2) is 30.3 Å². The van der Waals surface area contributed by atoms with E-state index in [0.29, 0.717) is 12.2 Å². The molecule has 1 amide bonds. The van der Waals surface area contributed by atoms with Crippen LogP contribution in [0.2, 0.25) is 0 Å². The van der Waals surface area contributed by atoms with Crippen molar-refractivity contribution < 1.29 is 14.7 Å². The highest BCUT2D eigenvalue weighted by atomic mass is 16.3. The molecule has 0 aromatic heterocycles. The number of aliphatic hydroxyl groups excluding tert-OH is 1. The highest BCUT2D eigenvalue weighted by molar-refractivity contribution is 6.04. The summed E-state index contributed by atoms with van der Waals surface area (Å²) in [5, 5.41) is 12.5. The topological polar surface area (TPSA) is 66.4 Å². The van der Waals surface area contributed by atoms with Crippen molar-refractivity contribution in [2.45, 2.75) is 25.3 Å². The molecule has 21 heavy (non-hydrogen) atoms. The highest BCUT2D eigenvalue weighted by Crippen LogP contribution is 2.77. The van der Waals surface area contributed by atoms with Crippen LogP contribution in [0.3, 0.4) is 0 Å². The van der Waals surface area contributed by atoms with Crippen molar-refractivity contribution in [1.82, 2.24) is 5.32 Å². The molecule has 4 saturated carbocycles. The summed E-state index contributed by atoms with van der Waals surface area (Å²) in [5.41, 5.74) is 0.680. The van der Waals surface area contributed by atoms with E-state index in [2.05, 4.69) is 5.32 Å². The van der Waals surface area contributed by atoms with E-state index in [4.69, 9.17) is 0 Å². The zero-order valence-corrected chi connectivity index (χ0v) is 11.8. The van der Waals surface area contributed by atoms with E-state index < -0.39 is 5.41 Å². The predicted octanol–water partition coefficient (Wildman–Crippen LogP) is 0.931. The van der Waals surface area contributed by atoms with E-state index in [1.807, 2.05) is 30.3 Å². The maximum absolute atomic E-state index is 12.6. The van der Waals surface area contributed by atoms with Gasteiger partial charge in [0.2, 0.25) is 5.91 Å². The summed E-state index contributed by atoms with van der Waals surface area (Å²) in [6.45, 7) is -0.0799. The van der Waals surface area contributed by atoms with E-state index in [1.165, 1.54) is 0 Å². The van der Waals surface area contributed by atoms with Crippen LogP contribution in [0.1, 0.15) is 18.4 Å². The number of hydrogen-bond acceptors (Lipinski definition) is 3. The predicted molar refractivity (Wildman–Crippen MR) is 76.3 cm³/mol. The molecule has 0 saturated heterocycles. The van der Waals surface area contributed by atoms with Gasteiger partial charge in [0.25, 0.3) is 0 Å². The van der Waals surface area contributed by atoms with Crippen molar-refractivity contribution in [2.75, 3.05) is 6.61 Å². The number of nitrogens with one attached hydrogen (secondary N) is 1. The zero-order chi connectivity index (χ0) is 14.6. The average molecular weight is 285 g/mol. The maximum Gasteiger partial charge on any atom is 0.227 e. The van der Waals surface area contributed by atoms with Crippen LogP contribution in [0.25, 0.3) is 0 Å². The van der Waals surface area contributed by atoms with Gasteiger partial charge in [-0.15, -0.1) is 0 Å². The molecule has 0 radical (unpaired) electrons. The van der Waals surface area contributed by atoms with Crippen molar-refractivity contribution in [3.8, 4) is 0 Å². The van der Waals surface area contributed by atoms with E-state index in [9.17, 15) is 14.7 Å². The second-order valence-corrected chi connectivity index (χ2v) is 6.71. The van der Waals surface area contributed by atoms with Gasteiger partial charge in [0.15, 0.2) is 0 Å². The first-order chi connectivity index (χ1) is 10.2. The van der Waals surface area contributed by atoms with Gasteiger partial charge in [-0.3, -0.25) is 9.59 Å². The standard InChI is InChI=1S/C17H19NO3/c19-9-12(6-10-4-2-1-3-5-10)18-16(21)17-8-11-7-13(17)14(17)15(11)20/h1-5,11-14,19H,6-9H2,(H,18,21)/t11-,12-,13-,14-,17+/m1/s1. The maximum atomic E-state index is 12.6. The van der Waals surface area contributed by atoms with Gasteiger partial charge >= 0.3 is 0 Å². The average Bonchev–Trinajstić information content (AvgIpc) is 2.79. The molecule has 0 unspecified atom stereocenters. The first-order valence-corrected chi connectivity index (χ1v) is 7.66. The fourth-order valence-corrected chi connectivity index (χ4v) is 4.65. The Kier molecular flexibility index (Phi) is 2.73. The molecule has 1 aromatic carbocycles. The fourth-order valence-electron chi connectivity index (χ4n) is 4.65. The SMILES string of the molecule is O=C1[C@@H]2C[C@@H]3[C@H]1[C@]3(C(=O)N[C@@H](CO)Cc1ccccc1)C2. The van der Waals surface area contributed by atoms with Crippen LogP contribution in [-0.2, 0) is 16.0 Å². The second-order valence-electron chi connectivity index (χ2n) is 6.71. The number of rotatable bonds is 5. The molecule has 4 fully saturated rings. The molecule has 4 nitrogen and oxygen atoms in total. The number of hydrogen-bond donors (Lipinski definition) is 2. The third-order valence-corrected chi connectivity index (χ3v) is 5.64. The molecule has 4 heteroatoms. The van der Waals surface area contributed by atoms with Gasteiger partial charge < -0.3 is 10.4 Å². The molecular formula is C17H19NO3. The van der Waals surface area contributed by atoms with Gasteiger partial charge in [0.05, 0.1) is 18.1 Å². The summed E-state index contributed by atoms with van der Waals surface area (Å²) < 4.78 is 0. The van der Waals surface area contributed by atoms with Crippen LogP contribution < -0.4 is 5.32 Å². The molecule has 1 aromatic rings. The molecule has 5 rings (SSSR count). The molecular weight excluding hydrogens is 266 g/mol. The fraction of sp³-hybridized carbons (Fsp3) is 0.529. The molecule has 5 atom stereocenters. The van der Waals surface area contributed by atoms with E-state index in [1.54, 1.807) is 0 Å². The Hall–Kier alpha value is -1.68. The Balaban J connectivity index is 1.44. The minimum absolute atomic E-state index is 0.0131. The molecule has 0 aliphatic heterocycles. The lowest BCUT2D eigenvalue weighted by molar-refractivity contribution is -0.128. The summed E-state index contributed by atoms with van der Waals surface area (Å²) in [5.74, 6) is 0.691. The number of carbonyl (C=O) groups is 2. The molecule has 2 N–H and O–H groups in total. The van der Waals surface area contributed by atoms with Gasteiger partial charge in [-0.2, -0.15) is 0 Å². The Morgan fingerprint density at radius 2 is 2.14 bits per heavy atom. The molecule has 4 bridgehead atoms. The number of ketones is 1. The lowest BCUT2D eigenvalue weighted by atomic mass is 10.0. The molecule has 4 aliphatic carbocycles. The number of Topliss-reactive ketones (excluding diaryl/α,β-unsaturated/α-hetero) is 1. The van der Waals surface area contributed by atoms with Crippen LogP contribution in [0.5, 0.6) is 0 Å². The molecule has 0 heterocycles. The van der Waals surface area contributed by atoms with Gasteiger partial charge in [-0.1, -0.05) is 30.3 Å². The number of amides is 1.